The Labute approximate surface area is 207 Å². The van der Waals surface area contributed by atoms with Crippen molar-refractivity contribution in [3.8, 4) is 0 Å². The molecule has 0 bridgehead atoms. The Bertz CT molecular complexity index is 1310. The van der Waals surface area contributed by atoms with E-state index in [-0.39, 0.29) is 11.8 Å². The number of phosphoric acid groups is 1. The summed E-state index contributed by atoms with van der Waals surface area (Å²) in [7, 11) is -4.75. The first-order chi connectivity index (χ1) is 16.6. The molecule has 3 N–H and O–H groups in total. The minimum Gasteiger partial charge on any atom is -0.322 e. The smallest absolute Gasteiger partial charge is 0.322 e. The molecule has 2 amide bonds. The van der Waals surface area contributed by atoms with Gasteiger partial charge in [0, 0.05) is 39.6 Å². The number of hydrogen-bond donors (Lipinski definition) is 3. The van der Waals surface area contributed by atoms with Crippen LogP contribution in [-0.4, -0.2) is 28.1 Å². The number of fused-ring (bicyclic) bond motifs is 1. The van der Waals surface area contributed by atoms with Crippen molar-refractivity contribution < 1.29 is 28.5 Å². The van der Waals surface area contributed by atoms with Gasteiger partial charge in [-0.05, 0) is 73.9 Å². The van der Waals surface area contributed by atoms with Crippen LogP contribution in [0.3, 0.4) is 0 Å². The Kier molecular flexibility index (Phi) is 7.40. The topological polar surface area (TPSA) is 116 Å². The Morgan fingerprint density at radius 2 is 1.80 bits per heavy atom. The molecule has 182 valence electrons. The van der Waals surface area contributed by atoms with E-state index in [4.69, 9.17) is 16.1 Å². The van der Waals surface area contributed by atoms with Gasteiger partial charge in [-0.1, -0.05) is 29.8 Å². The zero-order chi connectivity index (χ0) is 25.2. The molecule has 0 saturated heterocycles. The van der Waals surface area contributed by atoms with Crippen LogP contribution in [0.25, 0.3) is 0 Å². The summed E-state index contributed by atoms with van der Waals surface area (Å²) in [5.74, 6) is -0.529. The number of carbonyl (C=O) groups is 2. The van der Waals surface area contributed by atoms with E-state index < -0.39 is 13.9 Å². The van der Waals surface area contributed by atoms with Crippen molar-refractivity contribution in [1.29, 1.82) is 0 Å². The minimum absolute atomic E-state index is 0.239. The fourth-order valence-electron chi connectivity index (χ4n) is 4.10. The van der Waals surface area contributed by atoms with Crippen LogP contribution in [0.4, 0.5) is 11.4 Å². The number of nitrogens with one attached hydrogen (secondary N) is 1. The molecule has 0 fully saturated rings. The van der Waals surface area contributed by atoms with Gasteiger partial charge in [0.2, 0.25) is 0 Å². The molecule has 8 nitrogen and oxygen atoms in total. The molecular formula is C25H24ClN2O6P. The number of carbonyl (C=O) groups excluding carboxylic acids is 2. The third kappa shape index (κ3) is 5.99. The zero-order valence-corrected chi connectivity index (χ0v) is 20.5. The maximum Gasteiger partial charge on any atom is 0.470 e. The molecule has 35 heavy (non-hydrogen) atoms. The van der Waals surface area contributed by atoms with Crippen molar-refractivity contribution in [3.05, 3.63) is 94.0 Å². The molecule has 0 aromatic heterocycles. The van der Waals surface area contributed by atoms with Gasteiger partial charge in [-0.15, -0.1) is 0 Å². The lowest BCUT2D eigenvalue weighted by atomic mass is 10.0. The van der Waals surface area contributed by atoms with Gasteiger partial charge >= 0.3 is 7.82 Å². The second-order valence-corrected chi connectivity index (χ2v) is 9.86. The Hall–Kier alpha value is -3.00. The number of rotatable bonds is 5. The number of nitrogens with zero attached hydrogens (tertiary/aromatic N) is 1. The van der Waals surface area contributed by atoms with Crippen LogP contribution in [0.15, 0.2) is 66.7 Å². The van der Waals surface area contributed by atoms with E-state index in [9.17, 15) is 23.9 Å². The molecule has 1 atom stereocenters. The second-order valence-electron chi connectivity index (χ2n) is 8.23. The van der Waals surface area contributed by atoms with Crippen LogP contribution in [0.1, 0.15) is 50.8 Å². The lowest BCUT2D eigenvalue weighted by Crippen LogP contribution is -2.31. The number of benzene rings is 3. The van der Waals surface area contributed by atoms with E-state index in [1.165, 1.54) is 0 Å². The van der Waals surface area contributed by atoms with Crippen molar-refractivity contribution in [2.75, 3.05) is 16.8 Å². The molecule has 0 saturated carbocycles. The van der Waals surface area contributed by atoms with Crippen molar-refractivity contribution >= 4 is 42.6 Å². The first kappa shape index (κ1) is 25.1. The molecule has 3 aromatic rings. The van der Waals surface area contributed by atoms with Crippen molar-refractivity contribution in [3.63, 3.8) is 0 Å². The first-order valence-electron chi connectivity index (χ1n) is 10.9. The molecule has 0 spiro atoms. The predicted molar refractivity (Wildman–Crippen MR) is 134 cm³/mol. The summed E-state index contributed by atoms with van der Waals surface area (Å²) in [6.45, 7) is 2.19. The summed E-state index contributed by atoms with van der Waals surface area (Å²) in [5.41, 5.74) is 3.29. The van der Waals surface area contributed by atoms with E-state index in [2.05, 4.69) is 5.32 Å². The largest absolute Gasteiger partial charge is 0.470 e. The minimum atomic E-state index is -4.75. The van der Waals surface area contributed by atoms with E-state index in [0.717, 1.165) is 5.56 Å². The van der Waals surface area contributed by atoms with Gasteiger partial charge < -0.3 is 20.0 Å². The second kappa shape index (κ2) is 10.3. The highest BCUT2D eigenvalue weighted by Crippen LogP contribution is 2.47. The monoisotopic (exact) mass is 514 g/mol. The summed E-state index contributed by atoms with van der Waals surface area (Å²) in [6, 6.07) is 18.7. The van der Waals surface area contributed by atoms with E-state index in [0.29, 0.717) is 52.5 Å². The molecule has 1 heterocycles. The normalized spacial score (nSPS) is 15.8. The van der Waals surface area contributed by atoms with Gasteiger partial charge in [0.1, 0.15) is 0 Å². The number of aryl methyl sites for hydroxylation is 1. The fraction of sp³-hybridized carbons (Fsp3) is 0.200. The average molecular weight is 515 g/mol. The van der Waals surface area contributed by atoms with Crippen molar-refractivity contribution in [1.82, 2.24) is 0 Å². The van der Waals surface area contributed by atoms with E-state index >= 15 is 0 Å². The van der Waals surface area contributed by atoms with Crippen molar-refractivity contribution in [2.45, 2.75) is 25.9 Å². The molecule has 1 aliphatic rings. The van der Waals surface area contributed by atoms with E-state index in [1.807, 2.05) is 19.1 Å². The summed E-state index contributed by atoms with van der Waals surface area (Å²) in [5, 5.41) is 3.20. The Morgan fingerprint density at radius 3 is 2.49 bits per heavy atom. The predicted octanol–water partition coefficient (Wildman–Crippen LogP) is 5.49. The van der Waals surface area contributed by atoms with Gasteiger partial charge in [0.15, 0.2) is 0 Å². The third-order valence-corrected chi connectivity index (χ3v) is 6.53. The summed E-state index contributed by atoms with van der Waals surface area (Å²) >= 11 is 6.14. The standard InChI is InChI=1S/C25H24ClN2O6P/c1-16-5-2-3-6-20(16)24(29)27-19-11-8-17(9-12-19)25(30)28-14-4-7-23(34-35(31,32)33)21-15-18(26)10-13-22(21)28/h2-3,5-6,8-13,15,23H,4,7,14H2,1H3,(H,27,29)(H2,31,32,33). The van der Waals surface area contributed by atoms with Gasteiger partial charge in [-0.3, -0.25) is 14.1 Å². The summed E-state index contributed by atoms with van der Waals surface area (Å²) in [4.78, 5) is 46.2. The third-order valence-electron chi connectivity index (χ3n) is 5.76. The first-order valence-corrected chi connectivity index (χ1v) is 12.9. The maximum absolute atomic E-state index is 13.4. The highest BCUT2D eigenvalue weighted by molar-refractivity contribution is 7.46. The van der Waals surface area contributed by atoms with E-state index in [1.54, 1.807) is 59.5 Å². The number of amides is 2. The quantitative estimate of drug-likeness (QED) is 0.388. The highest BCUT2D eigenvalue weighted by atomic mass is 35.5. The van der Waals surface area contributed by atoms with Crippen LogP contribution in [0.2, 0.25) is 5.02 Å². The van der Waals surface area contributed by atoms with Gasteiger partial charge in [-0.2, -0.15) is 0 Å². The summed E-state index contributed by atoms with van der Waals surface area (Å²) < 4.78 is 16.5. The van der Waals surface area contributed by atoms with Crippen LogP contribution in [0, 0.1) is 6.92 Å². The molecule has 3 aromatic carbocycles. The number of hydrogen-bond acceptors (Lipinski definition) is 4. The lowest BCUT2D eigenvalue weighted by Gasteiger charge is -2.24. The molecular weight excluding hydrogens is 491 g/mol. The van der Waals surface area contributed by atoms with Gasteiger partial charge in [-0.25, -0.2) is 4.57 Å². The molecule has 1 aliphatic heterocycles. The van der Waals surface area contributed by atoms with Crippen molar-refractivity contribution in [2.24, 2.45) is 0 Å². The Balaban J connectivity index is 1.56. The number of phosphoric ester groups is 1. The summed E-state index contributed by atoms with van der Waals surface area (Å²) in [6.07, 6.45) is -0.124. The molecule has 4 rings (SSSR count). The molecule has 1 unspecified atom stereocenters. The molecule has 0 aliphatic carbocycles. The van der Waals surface area contributed by atoms with Crippen LogP contribution in [-0.2, 0) is 9.09 Å². The average Bonchev–Trinajstić information content (AvgIpc) is 2.97. The van der Waals surface area contributed by atoms with Crippen LogP contribution < -0.4 is 10.2 Å². The van der Waals surface area contributed by atoms with Crippen LogP contribution >= 0.6 is 19.4 Å². The van der Waals surface area contributed by atoms with Gasteiger partial charge in [0.05, 0.1) is 6.10 Å². The number of anilines is 2. The Morgan fingerprint density at radius 1 is 1.09 bits per heavy atom. The lowest BCUT2D eigenvalue weighted by molar-refractivity contribution is 0.0984. The number of halogens is 1. The SMILES string of the molecule is Cc1ccccc1C(=O)Nc1ccc(C(=O)N2CCCC(OP(=O)(O)O)c3cc(Cl)ccc32)cc1. The maximum atomic E-state index is 13.4. The zero-order valence-electron chi connectivity index (χ0n) is 18.8. The highest BCUT2D eigenvalue weighted by Gasteiger charge is 2.31. The van der Waals surface area contributed by atoms with Gasteiger partial charge in [0.25, 0.3) is 11.8 Å². The fourth-order valence-corrected chi connectivity index (χ4v) is 4.84. The molecule has 0 radical (unpaired) electrons. The van der Waals surface area contributed by atoms with Crippen LogP contribution in [0.5, 0.6) is 0 Å². The molecule has 10 heteroatoms.